The van der Waals surface area contributed by atoms with E-state index in [1.54, 1.807) is 0 Å². The summed E-state index contributed by atoms with van der Waals surface area (Å²) in [5.41, 5.74) is 2.39. The smallest absolute Gasteiger partial charge is 0.446 e. The molecular formula is C22H34F3NO3. The van der Waals surface area contributed by atoms with Crippen LogP contribution in [0.1, 0.15) is 70.4 Å². The Morgan fingerprint density at radius 3 is 2.28 bits per heavy atom. The standard InChI is InChI=1S/C19H29NO2.C2HF3O.CH4/c1-15(13-16-7-3-2-4-8-16)20-14-18-10-6-5-9-17(18)11-12-19(21)22;3-2(4,5)1-6;/h5-6,9-10,15-16,20H,2-4,7-8,11-14H2,1H3,(H,21,22);1H;1H4. The minimum atomic E-state index is -4.64. The molecule has 0 spiro atoms. The summed E-state index contributed by atoms with van der Waals surface area (Å²) in [5, 5.41) is 12.5. The monoisotopic (exact) mass is 417 g/mol. The normalized spacial score (nSPS) is 15.4. The zero-order valence-electron chi connectivity index (χ0n) is 16.3. The molecule has 1 aliphatic rings. The van der Waals surface area contributed by atoms with Crippen LogP contribution < -0.4 is 5.32 Å². The van der Waals surface area contributed by atoms with E-state index in [2.05, 4.69) is 18.3 Å². The molecule has 1 fully saturated rings. The van der Waals surface area contributed by atoms with Gasteiger partial charge in [-0.3, -0.25) is 9.59 Å². The van der Waals surface area contributed by atoms with Crippen molar-refractivity contribution in [1.82, 2.24) is 5.32 Å². The fraction of sp³-hybridized carbons (Fsp3) is 0.636. The van der Waals surface area contributed by atoms with Crippen molar-refractivity contribution in [2.75, 3.05) is 0 Å². The largest absolute Gasteiger partial charge is 0.481 e. The number of carboxylic acids is 1. The number of nitrogens with one attached hydrogen (secondary N) is 1. The van der Waals surface area contributed by atoms with Crippen LogP contribution in [0.4, 0.5) is 13.2 Å². The molecule has 0 radical (unpaired) electrons. The van der Waals surface area contributed by atoms with Gasteiger partial charge in [0, 0.05) is 19.0 Å². The van der Waals surface area contributed by atoms with Crippen LogP contribution >= 0.6 is 0 Å². The SMILES string of the molecule is C.CC(CC1CCCCC1)NCc1ccccc1CCC(=O)O.O=CC(F)(F)F. The maximum absolute atomic E-state index is 10.8. The Labute approximate surface area is 171 Å². The van der Waals surface area contributed by atoms with E-state index < -0.39 is 18.4 Å². The van der Waals surface area contributed by atoms with E-state index in [1.807, 2.05) is 18.2 Å². The molecule has 0 amide bonds. The molecule has 1 atom stereocenters. The molecule has 1 aromatic rings. The predicted molar refractivity (Wildman–Crippen MR) is 109 cm³/mol. The minimum Gasteiger partial charge on any atom is -0.481 e. The number of carbonyl (C=O) groups excluding carboxylic acids is 1. The van der Waals surface area contributed by atoms with Gasteiger partial charge in [0.2, 0.25) is 6.29 Å². The van der Waals surface area contributed by atoms with Gasteiger partial charge in [0.05, 0.1) is 0 Å². The summed E-state index contributed by atoms with van der Waals surface area (Å²) >= 11 is 0. The number of halogens is 3. The summed E-state index contributed by atoms with van der Waals surface area (Å²) in [4.78, 5) is 19.5. The van der Waals surface area contributed by atoms with Crippen LogP contribution in [0, 0.1) is 5.92 Å². The third kappa shape index (κ3) is 13.0. The lowest BCUT2D eigenvalue weighted by molar-refractivity contribution is -0.156. The van der Waals surface area contributed by atoms with Gasteiger partial charge in [-0.2, -0.15) is 13.2 Å². The van der Waals surface area contributed by atoms with Crippen LogP contribution in [0.2, 0.25) is 0 Å². The van der Waals surface area contributed by atoms with Crippen molar-refractivity contribution < 1.29 is 27.9 Å². The third-order valence-corrected chi connectivity index (χ3v) is 4.91. The maximum atomic E-state index is 10.8. The summed E-state index contributed by atoms with van der Waals surface area (Å²) in [5.74, 6) is 0.159. The first-order valence-electron chi connectivity index (χ1n) is 9.76. The van der Waals surface area contributed by atoms with E-state index in [-0.39, 0.29) is 13.8 Å². The first-order valence-corrected chi connectivity index (χ1v) is 9.76. The molecule has 0 heterocycles. The Morgan fingerprint density at radius 1 is 1.21 bits per heavy atom. The number of rotatable bonds is 8. The molecule has 29 heavy (non-hydrogen) atoms. The highest BCUT2D eigenvalue weighted by atomic mass is 19.4. The Morgan fingerprint density at radius 2 is 1.76 bits per heavy atom. The van der Waals surface area contributed by atoms with Gasteiger partial charge in [0.25, 0.3) is 0 Å². The van der Waals surface area contributed by atoms with Crippen LogP contribution in [0.3, 0.4) is 0 Å². The van der Waals surface area contributed by atoms with Crippen molar-refractivity contribution >= 4 is 12.3 Å². The van der Waals surface area contributed by atoms with Gasteiger partial charge in [-0.15, -0.1) is 0 Å². The molecule has 0 aromatic heterocycles. The second-order valence-electron chi connectivity index (χ2n) is 7.34. The second-order valence-corrected chi connectivity index (χ2v) is 7.34. The Balaban J connectivity index is 0.000000981. The first-order chi connectivity index (χ1) is 13.2. The lowest BCUT2D eigenvalue weighted by Gasteiger charge is -2.25. The third-order valence-electron chi connectivity index (χ3n) is 4.91. The Hall–Kier alpha value is -1.89. The van der Waals surface area contributed by atoms with Crippen LogP contribution in [0.25, 0.3) is 0 Å². The van der Waals surface area contributed by atoms with Gasteiger partial charge in [0.1, 0.15) is 0 Å². The molecule has 0 bridgehead atoms. The van der Waals surface area contributed by atoms with E-state index in [0.717, 1.165) is 18.0 Å². The molecule has 1 unspecified atom stereocenters. The van der Waals surface area contributed by atoms with Crippen molar-refractivity contribution in [3.8, 4) is 0 Å². The van der Waals surface area contributed by atoms with Gasteiger partial charge in [0.15, 0.2) is 0 Å². The van der Waals surface area contributed by atoms with E-state index in [1.165, 1.54) is 44.1 Å². The van der Waals surface area contributed by atoms with E-state index >= 15 is 0 Å². The second kappa shape index (κ2) is 14.1. The van der Waals surface area contributed by atoms with E-state index in [0.29, 0.717) is 12.5 Å². The van der Waals surface area contributed by atoms with Gasteiger partial charge in [-0.1, -0.05) is 63.8 Å². The van der Waals surface area contributed by atoms with Crippen molar-refractivity contribution in [3.05, 3.63) is 35.4 Å². The molecule has 1 aromatic carbocycles. The fourth-order valence-electron chi connectivity index (χ4n) is 3.51. The highest BCUT2D eigenvalue weighted by Gasteiger charge is 2.24. The molecule has 1 aliphatic carbocycles. The van der Waals surface area contributed by atoms with Gasteiger partial charge in [-0.25, -0.2) is 0 Å². The highest BCUT2D eigenvalue weighted by molar-refractivity contribution is 5.67. The van der Waals surface area contributed by atoms with Crippen LogP contribution in [0.15, 0.2) is 24.3 Å². The molecule has 1 saturated carbocycles. The molecule has 7 heteroatoms. The number of hydrogen-bond acceptors (Lipinski definition) is 3. The molecule has 4 nitrogen and oxygen atoms in total. The molecule has 0 saturated heterocycles. The number of carbonyl (C=O) groups is 2. The van der Waals surface area contributed by atoms with Crippen LogP contribution in [0.5, 0.6) is 0 Å². The number of aryl methyl sites for hydroxylation is 1. The molecule has 166 valence electrons. The fourth-order valence-corrected chi connectivity index (χ4v) is 3.51. The lowest BCUT2D eigenvalue weighted by atomic mass is 9.85. The predicted octanol–water partition coefficient (Wildman–Crippen LogP) is 5.54. The quantitative estimate of drug-likeness (QED) is 0.545. The summed E-state index contributed by atoms with van der Waals surface area (Å²) in [6.07, 6.45) is 3.37. The number of aliphatic carboxylic acids is 1. The van der Waals surface area contributed by atoms with Crippen molar-refractivity contribution in [3.63, 3.8) is 0 Å². The number of alkyl halides is 3. The number of carboxylic acid groups (broad SMARTS) is 1. The van der Waals surface area contributed by atoms with Crippen molar-refractivity contribution in [1.29, 1.82) is 0 Å². The Bertz CT molecular complexity index is 599. The molecule has 2 rings (SSSR count). The van der Waals surface area contributed by atoms with Gasteiger partial charge < -0.3 is 10.4 Å². The zero-order chi connectivity index (χ0) is 21.0. The number of hydrogen-bond donors (Lipinski definition) is 2. The number of aldehydes is 1. The molecular weight excluding hydrogens is 383 g/mol. The van der Waals surface area contributed by atoms with Crippen molar-refractivity contribution in [2.24, 2.45) is 5.92 Å². The van der Waals surface area contributed by atoms with E-state index in [4.69, 9.17) is 9.90 Å². The number of benzene rings is 1. The minimum absolute atomic E-state index is 0. The summed E-state index contributed by atoms with van der Waals surface area (Å²) in [6, 6.07) is 8.71. The molecule has 0 aliphatic heterocycles. The summed E-state index contributed by atoms with van der Waals surface area (Å²) in [7, 11) is 0. The molecule has 2 N–H and O–H groups in total. The van der Waals surface area contributed by atoms with Crippen LogP contribution in [-0.2, 0) is 22.6 Å². The average molecular weight is 418 g/mol. The zero-order valence-corrected chi connectivity index (χ0v) is 16.3. The average Bonchev–Trinajstić information content (AvgIpc) is 2.66. The van der Waals surface area contributed by atoms with Gasteiger partial charge >= 0.3 is 12.1 Å². The lowest BCUT2D eigenvalue weighted by Crippen LogP contribution is -2.29. The van der Waals surface area contributed by atoms with Crippen molar-refractivity contribution in [2.45, 2.75) is 84.5 Å². The van der Waals surface area contributed by atoms with E-state index in [9.17, 15) is 18.0 Å². The topological polar surface area (TPSA) is 66.4 Å². The van der Waals surface area contributed by atoms with Gasteiger partial charge in [-0.05, 0) is 36.8 Å². The Kier molecular flexibility index (Phi) is 13.2. The summed E-state index contributed by atoms with van der Waals surface area (Å²) in [6.45, 7) is 3.11. The van der Waals surface area contributed by atoms with Crippen LogP contribution in [-0.4, -0.2) is 29.6 Å². The first kappa shape index (κ1) is 27.1. The highest BCUT2D eigenvalue weighted by Crippen LogP contribution is 2.27. The summed E-state index contributed by atoms with van der Waals surface area (Å²) < 4.78 is 31.2. The maximum Gasteiger partial charge on any atom is 0.446 e.